The fourth-order valence-corrected chi connectivity index (χ4v) is 2.20. The molecule has 21 heavy (non-hydrogen) atoms. The summed E-state index contributed by atoms with van der Waals surface area (Å²) in [6, 6.07) is 10.7. The number of aryl methyl sites for hydroxylation is 1. The predicted octanol–water partition coefficient (Wildman–Crippen LogP) is 3.31. The molecule has 0 fully saturated rings. The average molecular weight is 303 g/mol. The predicted molar refractivity (Wildman–Crippen MR) is 87.9 cm³/mol. The normalized spacial score (nSPS) is 10.2. The number of benzene rings is 1. The number of hydrogen-bond acceptors (Lipinski definition) is 2. The first-order valence-electron chi connectivity index (χ1n) is 6.93. The molecular formula is C16H18FN3S. The van der Waals surface area contributed by atoms with Crippen LogP contribution in [-0.4, -0.2) is 16.6 Å². The molecule has 0 bridgehead atoms. The minimum absolute atomic E-state index is 0.184. The molecule has 1 aromatic heterocycles. The Hall–Kier alpha value is -2.01. The maximum absolute atomic E-state index is 13.5. The van der Waals surface area contributed by atoms with Crippen molar-refractivity contribution in [2.24, 2.45) is 0 Å². The smallest absolute Gasteiger partial charge is 0.171 e. The van der Waals surface area contributed by atoms with Gasteiger partial charge in [-0.3, -0.25) is 0 Å². The Morgan fingerprint density at radius 1 is 1.19 bits per heavy atom. The molecule has 2 rings (SSSR count). The Kier molecular flexibility index (Phi) is 5.63. The Labute approximate surface area is 129 Å². The van der Waals surface area contributed by atoms with Gasteiger partial charge in [-0.2, -0.15) is 0 Å². The summed E-state index contributed by atoms with van der Waals surface area (Å²) in [4.78, 5) is 4.27. The van der Waals surface area contributed by atoms with Crippen molar-refractivity contribution in [3.63, 3.8) is 0 Å². The number of nitrogens with one attached hydrogen (secondary N) is 2. The molecule has 0 atom stereocenters. The highest BCUT2D eigenvalue weighted by molar-refractivity contribution is 7.80. The van der Waals surface area contributed by atoms with E-state index in [1.54, 1.807) is 18.3 Å². The van der Waals surface area contributed by atoms with Gasteiger partial charge < -0.3 is 10.6 Å². The zero-order valence-corrected chi connectivity index (χ0v) is 12.7. The lowest BCUT2D eigenvalue weighted by Crippen LogP contribution is -2.31. The van der Waals surface area contributed by atoms with Gasteiger partial charge in [0.15, 0.2) is 5.11 Å². The van der Waals surface area contributed by atoms with Crippen LogP contribution in [0.3, 0.4) is 0 Å². The summed E-state index contributed by atoms with van der Waals surface area (Å²) in [5.41, 5.74) is 1.79. The molecule has 0 aliphatic carbocycles. The van der Waals surface area contributed by atoms with E-state index in [0.717, 1.165) is 17.8 Å². The average Bonchev–Trinajstić information content (AvgIpc) is 2.50. The van der Waals surface area contributed by atoms with Crippen LogP contribution >= 0.6 is 12.2 Å². The van der Waals surface area contributed by atoms with Crippen LogP contribution in [0.25, 0.3) is 0 Å². The van der Waals surface area contributed by atoms with Gasteiger partial charge in [0.1, 0.15) is 11.6 Å². The summed E-state index contributed by atoms with van der Waals surface area (Å²) < 4.78 is 13.5. The van der Waals surface area contributed by atoms with Crippen LogP contribution in [0.15, 0.2) is 42.6 Å². The molecule has 0 aliphatic heterocycles. The van der Waals surface area contributed by atoms with Crippen molar-refractivity contribution < 1.29 is 4.39 Å². The molecule has 1 heterocycles. The van der Waals surface area contributed by atoms with Crippen LogP contribution in [0, 0.1) is 5.82 Å². The first-order chi connectivity index (χ1) is 10.2. The molecule has 1 aromatic carbocycles. The number of nitrogens with zero attached hydrogens (tertiary/aromatic N) is 1. The highest BCUT2D eigenvalue weighted by Gasteiger charge is 2.04. The molecule has 0 aliphatic rings. The number of aromatic nitrogens is 1. The van der Waals surface area contributed by atoms with Crippen molar-refractivity contribution in [2.45, 2.75) is 19.8 Å². The largest absolute Gasteiger partial charge is 0.362 e. The zero-order chi connectivity index (χ0) is 15.1. The Morgan fingerprint density at radius 3 is 2.71 bits per heavy atom. The molecule has 0 unspecified atom stereocenters. The maximum atomic E-state index is 13.5. The Morgan fingerprint density at radius 2 is 1.95 bits per heavy atom. The van der Waals surface area contributed by atoms with Gasteiger partial charge in [-0.15, -0.1) is 0 Å². The SMILES string of the molecule is CCc1cccnc1NC(=S)NCCc1ccccc1F. The van der Waals surface area contributed by atoms with Crippen LogP contribution < -0.4 is 10.6 Å². The topological polar surface area (TPSA) is 37.0 Å². The number of rotatable bonds is 5. The van der Waals surface area contributed by atoms with Crippen LogP contribution in [0.4, 0.5) is 10.2 Å². The van der Waals surface area contributed by atoms with E-state index in [2.05, 4.69) is 22.5 Å². The molecule has 0 amide bonds. The van der Waals surface area contributed by atoms with Gasteiger partial charge in [-0.05, 0) is 48.3 Å². The summed E-state index contributed by atoms with van der Waals surface area (Å²) >= 11 is 5.24. The van der Waals surface area contributed by atoms with Crippen molar-refractivity contribution in [3.05, 3.63) is 59.5 Å². The molecule has 3 nitrogen and oxygen atoms in total. The van der Waals surface area contributed by atoms with Crippen molar-refractivity contribution >= 4 is 23.1 Å². The molecule has 110 valence electrons. The fourth-order valence-electron chi connectivity index (χ4n) is 2.00. The zero-order valence-electron chi connectivity index (χ0n) is 11.9. The van der Waals surface area contributed by atoms with E-state index in [1.807, 2.05) is 18.2 Å². The van der Waals surface area contributed by atoms with Crippen LogP contribution in [0.2, 0.25) is 0 Å². The molecule has 0 spiro atoms. The lowest BCUT2D eigenvalue weighted by molar-refractivity contribution is 0.607. The van der Waals surface area contributed by atoms with Crippen molar-refractivity contribution in [2.75, 3.05) is 11.9 Å². The molecule has 0 saturated carbocycles. The number of pyridine rings is 1. The third kappa shape index (κ3) is 4.49. The van der Waals surface area contributed by atoms with Crippen molar-refractivity contribution in [1.82, 2.24) is 10.3 Å². The standard InChI is InChI=1S/C16H18FN3S/c1-2-12-7-5-10-18-15(12)20-16(21)19-11-9-13-6-3-4-8-14(13)17/h3-8,10H,2,9,11H2,1H3,(H2,18,19,20,21). The van der Waals surface area contributed by atoms with E-state index in [-0.39, 0.29) is 5.82 Å². The summed E-state index contributed by atoms with van der Waals surface area (Å²) in [7, 11) is 0. The summed E-state index contributed by atoms with van der Waals surface area (Å²) in [6.07, 6.45) is 3.19. The van der Waals surface area contributed by atoms with Gasteiger partial charge in [0.05, 0.1) is 0 Å². The second kappa shape index (κ2) is 7.69. The monoisotopic (exact) mass is 303 g/mol. The van der Waals surface area contributed by atoms with Gasteiger partial charge in [-0.25, -0.2) is 9.37 Å². The van der Waals surface area contributed by atoms with Crippen molar-refractivity contribution in [3.8, 4) is 0 Å². The highest BCUT2D eigenvalue weighted by atomic mass is 32.1. The third-order valence-electron chi connectivity index (χ3n) is 3.14. The quantitative estimate of drug-likeness (QED) is 0.831. The fraction of sp³-hybridized carbons (Fsp3) is 0.250. The van der Waals surface area contributed by atoms with Gasteiger partial charge in [0.25, 0.3) is 0 Å². The van der Waals surface area contributed by atoms with Crippen LogP contribution in [-0.2, 0) is 12.8 Å². The van der Waals surface area contributed by atoms with Gasteiger partial charge in [0.2, 0.25) is 0 Å². The Balaban J connectivity index is 1.84. The minimum atomic E-state index is -0.184. The summed E-state index contributed by atoms with van der Waals surface area (Å²) in [6.45, 7) is 2.64. The highest BCUT2D eigenvalue weighted by Crippen LogP contribution is 2.11. The number of anilines is 1. The van der Waals surface area contributed by atoms with Crippen molar-refractivity contribution in [1.29, 1.82) is 0 Å². The second-order valence-electron chi connectivity index (χ2n) is 4.59. The van der Waals surface area contributed by atoms with E-state index in [0.29, 0.717) is 23.6 Å². The third-order valence-corrected chi connectivity index (χ3v) is 3.39. The first-order valence-corrected chi connectivity index (χ1v) is 7.33. The van der Waals surface area contributed by atoms with E-state index >= 15 is 0 Å². The molecule has 5 heteroatoms. The van der Waals surface area contributed by atoms with Crippen LogP contribution in [0.1, 0.15) is 18.1 Å². The van der Waals surface area contributed by atoms with E-state index in [9.17, 15) is 4.39 Å². The molecule has 0 saturated heterocycles. The summed E-state index contributed by atoms with van der Waals surface area (Å²) in [5, 5.41) is 6.65. The van der Waals surface area contributed by atoms with E-state index in [1.165, 1.54) is 6.07 Å². The molecule has 0 radical (unpaired) electrons. The van der Waals surface area contributed by atoms with Gasteiger partial charge in [-0.1, -0.05) is 31.2 Å². The van der Waals surface area contributed by atoms with E-state index < -0.39 is 0 Å². The second-order valence-corrected chi connectivity index (χ2v) is 5.00. The first kappa shape index (κ1) is 15.4. The van der Waals surface area contributed by atoms with E-state index in [4.69, 9.17) is 12.2 Å². The Bertz CT molecular complexity index is 616. The number of thiocarbonyl (C=S) groups is 1. The lowest BCUT2D eigenvalue weighted by Gasteiger charge is -2.12. The lowest BCUT2D eigenvalue weighted by atomic mass is 10.1. The molecular weight excluding hydrogens is 285 g/mol. The summed E-state index contributed by atoms with van der Waals surface area (Å²) in [5.74, 6) is 0.583. The minimum Gasteiger partial charge on any atom is -0.362 e. The maximum Gasteiger partial charge on any atom is 0.171 e. The number of hydrogen-bond donors (Lipinski definition) is 2. The molecule has 2 aromatic rings. The van der Waals surface area contributed by atoms with Crippen LogP contribution in [0.5, 0.6) is 0 Å². The number of halogens is 1. The molecule has 2 N–H and O–H groups in total. The van der Waals surface area contributed by atoms with Gasteiger partial charge in [0, 0.05) is 12.7 Å². The van der Waals surface area contributed by atoms with Gasteiger partial charge >= 0.3 is 0 Å².